The van der Waals surface area contributed by atoms with Gasteiger partial charge in [-0.3, -0.25) is 4.79 Å². The van der Waals surface area contributed by atoms with E-state index in [9.17, 15) is 4.79 Å². The molecule has 0 aliphatic carbocycles. The van der Waals surface area contributed by atoms with Crippen molar-refractivity contribution >= 4 is 28.6 Å². The third kappa shape index (κ3) is 16.5. The maximum atomic E-state index is 10.4. The van der Waals surface area contributed by atoms with E-state index >= 15 is 0 Å². The first-order chi connectivity index (χ1) is 5.58. The zero-order chi connectivity index (χ0) is 9.98. The Kier molecular flexibility index (Phi) is 13.2. The Bertz CT molecular complexity index is 122. The fraction of sp³-hybridized carbons (Fsp3) is 0.667. The van der Waals surface area contributed by atoms with E-state index in [1.807, 2.05) is 19.9 Å². The lowest BCUT2D eigenvalue weighted by Crippen LogP contribution is -2.09. The maximum Gasteiger partial charge on any atom is 0.305 e. The van der Waals surface area contributed by atoms with Crippen molar-refractivity contribution in [3.8, 4) is 0 Å². The molecule has 0 aromatic heterocycles. The molecule has 0 fully saturated rings. The molecule has 0 aliphatic rings. The van der Waals surface area contributed by atoms with Gasteiger partial charge >= 0.3 is 5.97 Å². The maximum absolute atomic E-state index is 10.4. The van der Waals surface area contributed by atoms with Gasteiger partial charge in [-0.15, -0.1) is 6.58 Å². The van der Waals surface area contributed by atoms with E-state index in [4.69, 9.17) is 4.74 Å². The fourth-order valence-electron chi connectivity index (χ4n) is 0.346. The Morgan fingerprint density at radius 3 is 2.17 bits per heavy atom. The van der Waals surface area contributed by atoms with Gasteiger partial charge in [-0.05, 0) is 13.8 Å². The SMILES string of the molecule is C=CCI.CCC(=O)OC(C)C. The van der Waals surface area contributed by atoms with Crippen LogP contribution in [0.4, 0.5) is 0 Å². The molecular formula is C9H17IO2. The van der Waals surface area contributed by atoms with Crippen LogP contribution in [0.2, 0.25) is 0 Å². The summed E-state index contributed by atoms with van der Waals surface area (Å²) in [6.07, 6.45) is 2.36. The molecule has 2 nitrogen and oxygen atoms in total. The Morgan fingerprint density at radius 2 is 2.08 bits per heavy atom. The largest absolute Gasteiger partial charge is 0.463 e. The number of allylic oxidation sites excluding steroid dienone is 1. The van der Waals surface area contributed by atoms with Crippen molar-refractivity contribution in [2.45, 2.75) is 33.3 Å². The van der Waals surface area contributed by atoms with Crippen LogP contribution in [0.5, 0.6) is 0 Å². The summed E-state index contributed by atoms with van der Waals surface area (Å²) in [4.78, 5) is 10.4. The van der Waals surface area contributed by atoms with Gasteiger partial charge in [-0.1, -0.05) is 35.6 Å². The number of rotatable bonds is 3. The molecule has 0 saturated heterocycles. The van der Waals surface area contributed by atoms with E-state index in [-0.39, 0.29) is 12.1 Å². The number of hydrogen-bond donors (Lipinski definition) is 0. The van der Waals surface area contributed by atoms with E-state index < -0.39 is 0 Å². The molecule has 0 aromatic rings. The first-order valence-electron chi connectivity index (χ1n) is 3.94. The van der Waals surface area contributed by atoms with Crippen LogP contribution < -0.4 is 0 Å². The van der Waals surface area contributed by atoms with E-state index in [1.54, 1.807) is 6.92 Å². The lowest BCUT2D eigenvalue weighted by atomic mass is 10.4. The lowest BCUT2D eigenvalue weighted by molar-refractivity contribution is -0.146. The van der Waals surface area contributed by atoms with Gasteiger partial charge in [-0.2, -0.15) is 0 Å². The minimum absolute atomic E-state index is 0.0300. The highest BCUT2D eigenvalue weighted by atomic mass is 127. The van der Waals surface area contributed by atoms with Gasteiger partial charge in [0.15, 0.2) is 0 Å². The third-order valence-corrected chi connectivity index (χ3v) is 1.39. The summed E-state index contributed by atoms with van der Waals surface area (Å²) in [5.74, 6) is -0.125. The highest BCUT2D eigenvalue weighted by Gasteiger charge is 1.98. The van der Waals surface area contributed by atoms with Crippen LogP contribution in [0.1, 0.15) is 27.2 Å². The normalized spacial score (nSPS) is 8.42. The Labute approximate surface area is 88.5 Å². The number of ether oxygens (including phenoxy) is 1. The van der Waals surface area contributed by atoms with Crippen LogP contribution in [0.25, 0.3) is 0 Å². The average molecular weight is 284 g/mol. The quantitative estimate of drug-likeness (QED) is 0.345. The molecule has 0 unspecified atom stereocenters. The molecule has 0 bridgehead atoms. The van der Waals surface area contributed by atoms with Gasteiger partial charge in [-0.25, -0.2) is 0 Å². The smallest absolute Gasteiger partial charge is 0.305 e. The molecule has 0 radical (unpaired) electrons. The van der Waals surface area contributed by atoms with Crippen LogP contribution in [0.3, 0.4) is 0 Å². The minimum atomic E-state index is -0.125. The molecule has 0 N–H and O–H groups in total. The third-order valence-electron chi connectivity index (χ3n) is 0.765. The fourth-order valence-corrected chi connectivity index (χ4v) is 0.346. The van der Waals surface area contributed by atoms with Crippen molar-refractivity contribution in [1.82, 2.24) is 0 Å². The van der Waals surface area contributed by atoms with Crippen LogP contribution in [0, 0.1) is 0 Å². The number of hydrogen-bond acceptors (Lipinski definition) is 2. The van der Waals surface area contributed by atoms with E-state index in [0.29, 0.717) is 6.42 Å². The highest BCUT2D eigenvalue weighted by Crippen LogP contribution is 1.90. The molecule has 0 rings (SSSR count). The molecule has 72 valence electrons. The lowest BCUT2D eigenvalue weighted by Gasteiger charge is -2.04. The van der Waals surface area contributed by atoms with Crippen LogP contribution in [0.15, 0.2) is 12.7 Å². The zero-order valence-electron chi connectivity index (χ0n) is 7.97. The predicted molar refractivity (Wildman–Crippen MR) is 60.6 cm³/mol. The Morgan fingerprint density at radius 1 is 1.67 bits per heavy atom. The molecule has 12 heavy (non-hydrogen) atoms. The van der Waals surface area contributed by atoms with Crippen LogP contribution >= 0.6 is 22.6 Å². The zero-order valence-corrected chi connectivity index (χ0v) is 10.1. The summed E-state index contributed by atoms with van der Waals surface area (Å²) in [5, 5.41) is 0. The highest BCUT2D eigenvalue weighted by molar-refractivity contribution is 14.1. The van der Waals surface area contributed by atoms with Crippen molar-refractivity contribution in [2.75, 3.05) is 4.43 Å². The van der Waals surface area contributed by atoms with Gasteiger partial charge in [0.2, 0.25) is 0 Å². The first-order valence-corrected chi connectivity index (χ1v) is 5.47. The van der Waals surface area contributed by atoms with Crippen molar-refractivity contribution in [3.05, 3.63) is 12.7 Å². The number of halogens is 1. The van der Waals surface area contributed by atoms with Crippen molar-refractivity contribution < 1.29 is 9.53 Å². The summed E-state index contributed by atoms with van der Waals surface area (Å²) in [6, 6.07) is 0. The second kappa shape index (κ2) is 10.9. The topological polar surface area (TPSA) is 26.3 Å². The number of carbonyl (C=O) groups excluding carboxylic acids is 1. The first kappa shape index (κ1) is 14.5. The van der Waals surface area contributed by atoms with Crippen LogP contribution in [-0.2, 0) is 9.53 Å². The number of carbonyl (C=O) groups is 1. The summed E-state index contributed by atoms with van der Waals surface area (Å²) < 4.78 is 5.81. The summed E-state index contributed by atoms with van der Waals surface area (Å²) in [6.45, 7) is 8.94. The van der Waals surface area contributed by atoms with E-state index in [0.717, 1.165) is 4.43 Å². The van der Waals surface area contributed by atoms with Crippen molar-refractivity contribution in [3.63, 3.8) is 0 Å². The van der Waals surface area contributed by atoms with Crippen LogP contribution in [-0.4, -0.2) is 16.5 Å². The van der Waals surface area contributed by atoms with Gasteiger partial charge in [0, 0.05) is 10.8 Å². The predicted octanol–water partition coefficient (Wildman–Crippen LogP) is 2.96. The average Bonchev–Trinajstić information content (AvgIpc) is 2.04. The van der Waals surface area contributed by atoms with Crippen molar-refractivity contribution in [2.24, 2.45) is 0 Å². The standard InChI is InChI=1S/C6H12O2.C3H5I/c1-4-6(7)8-5(2)3;1-2-3-4/h5H,4H2,1-3H3;2H,1,3H2. The molecule has 0 saturated carbocycles. The summed E-state index contributed by atoms with van der Waals surface area (Å²) >= 11 is 2.23. The molecular weight excluding hydrogens is 267 g/mol. The summed E-state index contributed by atoms with van der Waals surface area (Å²) in [7, 11) is 0. The van der Waals surface area contributed by atoms with E-state index in [1.165, 1.54) is 0 Å². The number of esters is 1. The van der Waals surface area contributed by atoms with Gasteiger partial charge in [0.25, 0.3) is 0 Å². The molecule has 0 amide bonds. The molecule has 0 aliphatic heterocycles. The minimum Gasteiger partial charge on any atom is -0.463 e. The molecule has 0 aromatic carbocycles. The monoisotopic (exact) mass is 284 g/mol. The molecule has 0 atom stereocenters. The molecule has 0 spiro atoms. The van der Waals surface area contributed by atoms with Crippen molar-refractivity contribution in [1.29, 1.82) is 0 Å². The molecule has 0 heterocycles. The second-order valence-corrected chi connectivity index (χ2v) is 3.22. The van der Waals surface area contributed by atoms with Gasteiger partial charge in [0.05, 0.1) is 6.10 Å². The van der Waals surface area contributed by atoms with E-state index in [2.05, 4.69) is 29.2 Å². The Balaban J connectivity index is 0. The molecule has 3 heteroatoms. The second-order valence-electron chi connectivity index (χ2n) is 2.34. The van der Waals surface area contributed by atoms with Gasteiger partial charge in [0.1, 0.15) is 0 Å². The number of alkyl halides is 1. The van der Waals surface area contributed by atoms with Gasteiger partial charge < -0.3 is 4.74 Å². The Hall–Kier alpha value is -0.0600. The summed E-state index contributed by atoms with van der Waals surface area (Å²) in [5.41, 5.74) is 0.